The van der Waals surface area contributed by atoms with Crippen LogP contribution >= 0.6 is 0 Å². The van der Waals surface area contributed by atoms with Gasteiger partial charge in [0.2, 0.25) is 6.43 Å². The topological polar surface area (TPSA) is 73.8 Å². The van der Waals surface area contributed by atoms with Crippen molar-refractivity contribution in [3.8, 4) is 0 Å². The molecule has 0 atom stereocenters. The van der Waals surface area contributed by atoms with E-state index < -0.39 is 22.3 Å². The molecule has 0 heterocycles. The Morgan fingerprint density at radius 1 is 1.20 bits per heavy atom. The normalized spacial score (nSPS) is 11.1. The maximum atomic E-state index is 11.5. The van der Waals surface area contributed by atoms with Crippen LogP contribution in [0.4, 0.5) is 8.78 Å². The Balaban J connectivity index is 0. The highest BCUT2D eigenvalue weighted by Gasteiger charge is 2.01. The Hall–Kier alpha value is -0.270. The van der Waals surface area contributed by atoms with Crippen LogP contribution in [0.1, 0.15) is 25.7 Å². The van der Waals surface area contributed by atoms with Crippen LogP contribution in [0.25, 0.3) is 0 Å². The summed E-state index contributed by atoms with van der Waals surface area (Å²) in [5, 5.41) is 2.00. The number of unbranched alkanes of at least 4 members (excludes halogenated alkanes) is 2. The summed E-state index contributed by atoms with van der Waals surface area (Å²) in [4.78, 5) is 0. The predicted octanol–water partition coefficient (Wildman–Crippen LogP) is 0.167. The van der Waals surface area contributed by atoms with Gasteiger partial charge in [0, 0.05) is 12.2 Å². The van der Waals surface area contributed by atoms with Gasteiger partial charge in [-0.1, -0.05) is 6.42 Å². The Morgan fingerprint density at radius 2 is 1.67 bits per heavy atom. The standard InChI is InChI=1S/C6H12F2O3S.C2H7N/c7-6(8)4-2-1-3-5-12(9,10)11;1-3-2/h6H,1-5H2,(H,9,10,11);3H,1-2H3. The lowest BCUT2D eigenvalue weighted by Crippen LogP contribution is -2.74. The quantitative estimate of drug-likeness (QED) is 0.537. The highest BCUT2D eigenvalue weighted by atomic mass is 32.2. The molecule has 0 saturated carbocycles. The smallest absolute Gasteiger partial charge is 0.238 e. The van der Waals surface area contributed by atoms with Crippen LogP contribution in [0.5, 0.6) is 0 Å². The van der Waals surface area contributed by atoms with Crippen molar-refractivity contribution in [2.45, 2.75) is 32.1 Å². The van der Waals surface area contributed by atoms with E-state index in [1.54, 1.807) is 0 Å². The fourth-order valence-electron chi connectivity index (χ4n) is 0.754. The molecular formula is C8H19F2NO3S. The summed E-state index contributed by atoms with van der Waals surface area (Å²) < 4.78 is 53.1. The lowest BCUT2D eigenvalue weighted by Gasteiger charge is -2.05. The molecule has 0 bridgehead atoms. The van der Waals surface area contributed by atoms with E-state index in [0.29, 0.717) is 6.42 Å². The van der Waals surface area contributed by atoms with Crippen molar-refractivity contribution in [2.24, 2.45) is 0 Å². The lowest BCUT2D eigenvalue weighted by molar-refractivity contribution is -0.597. The van der Waals surface area contributed by atoms with Crippen molar-refractivity contribution in [3.63, 3.8) is 0 Å². The second-order valence-corrected chi connectivity index (χ2v) is 4.60. The third kappa shape index (κ3) is 24.8. The molecule has 0 fully saturated rings. The molecule has 0 rings (SSSR count). The highest BCUT2D eigenvalue weighted by Crippen LogP contribution is 2.07. The van der Waals surface area contributed by atoms with Gasteiger partial charge in [-0.25, -0.2) is 17.2 Å². The maximum Gasteiger partial charge on any atom is 0.238 e. The van der Waals surface area contributed by atoms with Crippen LogP contribution in [0.3, 0.4) is 0 Å². The third-order valence-electron chi connectivity index (χ3n) is 1.32. The average molecular weight is 247 g/mol. The number of hydrogen-bond donors (Lipinski definition) is 1. The molecule has 0 aliphatic heterocycles. The number of nitrogens with two attached hydrogens (primary N) is 1. The van der Waals surface area contributed by atoms with E-state index in [2.05, 4.69) is 0 Å². The molecular weight excluding hydrogens is 228 g/mol. The molecule has 7 heteroatoms. The van der Waals surface area contributed by atoms with Gasteiger partial charge in [-0.15, -0.1) is 0 Å². The van der Waals surface area contributed by atoms with Crippen molar-refractivity contribution >= 4 is 10.1 Å². The van der Waals surface area contributed by atoms with Gasteiger partial charge in [-0.2, -0.15) is 0 Å². The van der Waals surface area contributed by atoms with Crippen LogP contribution in [0.2, 0.25) is 0 Å². The fraction of sp³-hybridized carbons (Fsp3) is 1.00. The number of quaternary nitrogens is 1. The summed E-state index contributed by atoms with van der Waals surface area (Å²) in [5.74, 6) is -0.448. The van der Waals surface area contributed by atoms with Crippen LogP contribution in [0.15, 0.2) is 0 Å². The van der Waals surface area contributed by atoms with Gasteiger partial charge in [-0.05, 0) is 12.8 Å². The van der Waals surface area contributed by atoms with E-state index in [1.807, 2.05) is 19.4 Å². The fourth-order valence-corrected chi connectivity index (χ4v) is 1.31. The van der Waals surface area contributed by atoms with Gasteiger partial charge in [0.1, 0.15) is 0 Å². The molecule has 0 unspecified atom stereocenters. The van der Waals surface area contributed by atoms with E-state index in [4.69, 9.17) is 0 Å². The van der Waals surface area contributed by atoms with Crippen molar-refractivity contribution < 1.29 is 27.1 Å². The number of rotatable bonds is 6. The van der Waals surface area contributed by atoms with E-state index in [-0.39, 0.29) is 19.3 Å². The Labute approximate surface area is 89.8 Å². The third-order valence-corrected chi connectivity index (χ3v) is 2.11. The zero-order valence-corrected chi connectivity index (χ0v) is 9.90. The van der Waals surface area contributed by atoms with Gasteiger partial charge in [0.15, 0.2) is 0 Å². The zero-order chi connectivity index (χ0) is 12.3. The first-order chi connectivity index (χ1) is 6.83. The molecule has 0 radical (unpaired) electrons. The van der Waals surface area contributed by atoms with Gasteiger partial charge >= 0.3 is 0 Å². The van der Waals surface area contributed by atoms with Crippen molar-refractivity contribution in [1.82, 2.24) is 0 Å². The number of halogens is 2. The van der Waals surface area contributed by atoms with Crippen molar-refractivity contribution in [3.05, 3.63) is 0 Å². The van der Waals surface area contributed by atoms with E-state index in [9.17, 15) is 21.8 Å². The van der Waals surface area contributed by atoms with Crippen LogP contribution < -0.4 is 5.32 Å². The first-order valence-corrected chi connectivity index (χ1v) is 6.37. The van der Waals surface area contributed by atoms with Crippen molar-refractivity contribution in [1.29, 1.82) is 0 Å². The molecule has 94 valence electrons. The van der Waals surface area contributed by atoms with Crippen molar-refractivity contribution in [2.75, 3.05) is 19.8 Å². The van der Waals surface area contributed by atoms with Gasteiger partial charge in [0.25, 0.3) is 0 Å². The first kappa shape index (κ1) is 17.1. The molecule has 0 aliphatic rings. The minimum absolute atomic E-state index is 0.179. The second kappa shape index (κ2) is 10.3. The van der Waals surface area contributed by atoms with Crippen LogP contribution in [-0.2, 0) is 10.1 Å². The monoisotopic (exact) mass is 247 g/mol. The Morgan fingerprint density at radius 3 is 2.00 bits per heavy atom. The van der Waals surface area contributed by atoms with E-state index in [0.717, 1.165) is 0 Å². The van der Waals surface area contributed by atoms with Gasteiger partial charge in [0.05, 0.1) is 24.2 Å². The second-order valence-electron chi connectivity index (χ2n) is 3.08. The minimum atomic E-state index is -4.16. The molecule has 0 aliphatic carbocycles. The Kier molecular flexibility index (Phi) is 11.7. The lowest BCUT2D eigenvalue weighted by atomic mass is 10.2. The summed E-state index contributed by atoms with van der Waals surface area (Å²) in [7, 11) is -0.162. The molecule has 4 nitrogen and oxygen atoms in total. The summed E-state index contributed by atoms with van der Waals surface area (Å²) in [6, 6.07) is 0. The molecule has 0 aromatic rings. The molecule has 0 spiro atoms. The first-order valence-electron chi connectivity index (χ1n) is 4.79. The highest BCUT2D eigenvalue weighted by molar-refractivity contribution is 7.85. The predicted molar refractivity (Wildman–Crippen MR) is 52.8 cm³/mol. The van der Waals surface area contributed by atoms with Crippen LogP contribution in [-0.4, -0.2) is 39.2 Å². The average Bonchev–Trinajstić information content (AvgIpc) is 2.02. The summed E-state index contributed by atoms with van der Waals surface area (Å²) in [6.07, 6.45) is -1.75. The number of alkyl halides is 2. The molecule has 0 amide bonds. The summed E-state index contributed by atoms with van der Waals surface area (Å²) in [5.41, 5.74) is 0. The largest absolute Gasteiger partial charge is 0.748 e. The van der Waals surface area contributed by atoms with E-state index >= 15 is 0 Å². The van der Waals surface area contributed by atoms with E-state index in [1.165, 1.54) is 0 Å². The number of hydrogen-bond acceptors (Lipinski definition) is 3. The minimum Gasteiger partial charge on any atom is -0.748 e. The molecule has 0 aromatic heterocycles. The zero-order valence-electron chi connectivity index (χ0n) is 9.08. The summed E-state index contributed by atoms with van der Waals surface area (Å²) in [6.45, 7) is 0. The Bertz CT molecular complexity index is 220. The van der Waals surface area contributed by atoms with Gasteiger partial charge in [-0.3, -0.25) is 0 Å². The molecule has 0 saturated heterocycles. The van der Waals surface area contributed by atoms with Crippen LogP contribution in [0, 0.1) is 0 Å². The molecule has 2 N–H and O–H groups in total. The summed E-state index contributed by atoms with van der Waals surface area (Å²) >= 11 is 0. The SMILES string of the molecule is C[NH2+]C.O=S(=O)([O-])CCCCCC(F)F. The molecule has 0 aromatic carbocycles. The molecule has 15 heavy (non-hydrogen) atoms. The van der Waals surface area contributed by atoms with Gasteiger partial charge < -0.3 is 9.87 Å². The maximum absolute atomic E-state index is 11.5.